The number of nitrogens with zero attached hydrogens (tertiary/aromatic N) is 1. The molecule has 0 bridgehead atoms. The van der Waals surface area contributed by atoms with Crippen LogP contribution in [0, 0.1) is 0 Å². The van der Waals surface area contributed by atoms with Crippen LogP contribution in [0.3, 0.4) is 0 Å². The van der Waals surface area contributed by atoms with Gasteiger partial charge in [0.2, 0.25) is 10.0 Å². The highest BCUT2D eigenvalue weighted by Crippen LogP contribution is 2.22. The minimum atomic E-state index is -3.71. The van der Waals surface area contributed by atoms with Gasteiger partial charge in [-0.2, -0.15) is 4.31 Å². The Bertz CT molecular complexity index is 938. The molecule has 1 fully saturated rings. The second kappa shape index (κ2) is 7.98. The van der Waals surface area contributed by atoms with Crippen LogP contribution in [0.2, 0.25) is 5.02 Å². The van der Waals surface area contributed by atoms with Crippen molar-refractivity contribution in [3.8, 4) is 0 Å². The number of hydrogen-bond donors (Lipinski definition) is 1. The molecule has 0 unspecified atom stereocenters. The Hall–Kier alpha value is -1.93. The lowest BCUT2D eigenvalue weighted by Gasteiger charge is -2.34. The highest BCUT2D eigenvalue weighted by molar-refractivity contribution is 7.89. The summed E-state index contributed by atoms with van der Waals surface area (Å²) in [7, 11) is -3.71. The molecule has 1 aliphatic rings. The first-order chi connectivity index (χ1) is 12.8. The topological polar surface area (TPSA) is 75.7 Å². The zero-order chi connectivity index (χ0) is 19.6. The smallest absolute Gasteiger partial charge is 0.255 e. The lowest BCUT2D eigenvalue weighted by Crippen LogP contribution is -2.48. The molecular weight excluding hydrogens is 388 g/mol. The molecule has 1 heterocycles. The minimum absolute atomic E-state index is 0.0857. The number of nitrogens with one attached hydrogen (secondary N) is 1. The number of hydrogen-bond acceptors (Lipinski definition) is 4. The van der Waals surface area contributed by atoms with Crippen LogP contribution in [0.25, 0.3) is 0 Å². The van der Waals surface area contributed by atoms with E-state index in [2.05, 4.69) is 5.32 Å². The minimum Gasteiger partial charge on any atom is -0.373 e. The summed E-state index contributed by atoms with van der Waals surface area (Å²) >= 11 is 5.92. The van der Waals surface area contributed by atoms with E-state index in [-0.39, 0.29) is 35.8 Å². The number of anilines is 1. The summed E-state index contributed by atoms with van der Waals surface area (Å²) in [5.74, 6) is -0.405. The maximum atomic E-state index is 13.0. The summed E-state index contributed by atoms with van der Waals surface area (Å²) < 4.78 is 33.0. The van der Waals surface area contributed by atoms with Crippen molar-refractivity contribution < 1.29 is 17.9 Å². The summed E-state index contributed by atoms with van der Waals surface area (Å²) in [6, 6.07) is 12.8. The van der Waals surface area contributed by atoms with Crippen LogP contribution in [0.5, 0.6) is 0 Å². The summed E-state index contributed by atoms with van der Waals surface area (Å²) in [6.07, 6.45) is -0.365. The van der Waals surface area contributed by atoms with Gasteiger partial charge in [-0.05, 0) is 50.2 Å². The first-order valence-electron chi connectivity index (χ1n) is 8.58. The SMILES string of the molecule is C[C@H]1CN(S(=O)(=O)c2cccc(C(=O)Nc3cccc(Cl)c3)c2)C[C@H](C)O1. The van der Waals surface area contributed by atoms with Gasteiger partial charge < -0.3 is 10.1 Å². The number of amides is 1. The van der Waals surface area contributed by atoms with E-state index in [9.17, 15) is 13.2 Å². The fraction of sp³-hybridized carbons (Fsp3) is 0.316. The predicted molar refractivity (Wildman–Crippen MR) is 105 cm³/mol. The maximum Gasteiger partial charge on any atom is 0.255 e. The van der Waals surface area contributed by atoms with Gasteiger partial charge in [-0.3, -0.25) is 4.79 Å². The highest BCUT2D eigenvalue weighted by atomic mass is 35.5. The van der Waals surface area contributed by atoms with Crippen molar-refractivity contribution >= 4 is 33.2 Å². The maximum absolute atomic E-state index is 13.0. The molecule has 0 spiro atoms. The Balaban J connectivity index is 1.83. The number of halogens is 1. The molecule has 1 saturated heterocycles. The van der Waals surface area contributed by atoms with Gasteiger partial charge in [0.15, 0.2) is 0 Å². The van der Waals surface area contributed by atoms with Crippen LogP contribution in [-0.2, 0) is 14.8 Å². The quantitative estimate of drug-likeness (QED) is 0.841. The zero-order valence-corrected chi connectivity index (χ0v) is 16.6. The van der Waals surface area contributed by atoms with Crippen molar-refractivity contribution in [3.05, 3.63) is 59.1 Å². The molecule has 0 aromatic heterocycles. The van der Waals surface area contributed by atoms with Crippen molar-refractivity contribution in [2.45, 2.75) is 31.0 Å². The molecule has 27 heavy (non-hydrogen) atoms. The van der Waals surface area contributed by atoms with Crippen LogP contribution in [0.1, 0.15) is 24.2 Å². The second-order valence-corrected chi connectivity index (χ2v) is 8.95. The van der Waals surface area contributed by atoms with E-state index in [0.29, 0.717) is 10.7 Å². The van der Waals surface area contributed by atoms with Crippen molar-refractivity contribution in [3.63, 3.8) is 0 Å². The number of ether oxygens (including phenoxy) is 1. The van der Waals surface area contributed by atoms with Crippen molar-refractivity contribution in [2.75, 3.05) is 18.4 Å². The zero-order valence-electron chi connectivity index (χ0n) is 15.1. The van der Waals surface area contributed by atoms with Gasteiger partial charge in [-0.15, -0.1) is 0 Å². The van der Waals surface area contributed by atoms with E-state index in [1.807, 2.05) is 13.8 Å². The van der Waals surface area contributed by atoms with Gasteiger partial charge in [-0.25, -0.2) is 8.42 Å². The van der Waals surface area contributed by atoms with Crippen molar-refractivity contribution in [1.82, 2.24) is 4.31 Å². The van der Waals surface area contributed by atoms with Gasteiger partial charge in [0.1, 0.15) is 0 Å². The highest BCUT2D eigenvalue weighted by Gasteiger charge is 2.32. The van der Waals surface area contributed by atoms with Gasteiger partial charge in [0.25, 0.3) is 5.91 Å². The van der Waals surface area contributed by atoms with Crippen LogP contribution in [0.4, 0.5) is 5.69 Å². The molecule has 1 amide bonds. The Morgan fingerprint density at radius 1 is 1.11 bits per heavy atom. The largest absolute Gasteiger partial charge is 0.373 e. The summed E-state index contributed by atoms with van der Waals surface area (Å²) in [6.45, 7) is 4.25. The molecule has 0 radical (unpaired) electrons. The van der Waals surface area contributed by atoms with E-state index in [1.165, 1.54) is 16.4 Å². The van der Waals surface area contributed by atoms with E-state index >= 15 is 0 Å². The third-order valence-electron chi connectivity index (χ3n) is 4.20. The monoisotopic (exact) mass is 408 g/mol. The normalized spacial score (nSPS) is 21.0. The third kappa shape index (κ3) is 4.68. The first-order valence-corrected chi connectivity index (χ1v) is 10.4. The number of carbonyl (C=O) groups is 1. The van der Waals surface area contributed by atoms with Crippen molar-refractivity contribution in [2.24, 2.45) is 0 Å². The number of morpholine rings is 1. The summed E-state index contributed by atoms with van der Waals surface area (Å²) in [5, 5.41) is 3.22. The summed E-state index contributed by atoms with van der Waals surface area (Å²) in [4.78, 5) is 12.6. The lowest BCUT2D eigenvalue weighted by atomic mass is 10.2. The number of carbonyl (C=O) groups excluding carboxylic acids is 1. The Morgan fingerprint density at radius 3 is 2.44 bits per heavy atom. The van der Waals surface area contributed by atoms with E-state index in [4.69, 9.17) is 16.3 Å². The number of benzene rings is 2. The molecule has 3 rings (SSSR count). The first kappa shape index (κ1) is 19.8. The summed E-state index contributed by atoms with van der Waals surface area (Å²) in [5.41, 5.74) is 0.794. The molecule has 0 aliphatic carbocycles. The van der Waals surface area contributed by atoms with Gasteiger partial charge in [-0.1, -0.05) is 23.7 Å². The Labute approximate surface area is 164 Å². The fourth-order valence-electron chi connectivity index (χ4n) is 3.04. The molecule has 2 aromatic rings. The van der Waals surface area contributed by atoms with Crippen LogP contribution >= 0.6 is 11.6 Å². The van der Waals surface area contributed by atoms with Crippen LogP contribution < -0.4 is 5.32 Å². The van der Waals surface area contributed by atoms with Crippen molar-refractivity contribution in [1.29, 1.82) is 0 Å². The van der Waals surface area contributed by atoms with Gasteiger partial charge in [0.05, 0.1) is 17.1 Å². The average Bonchev–Trinajstić information content (AvgIpc) is 2.61. The van der Waals surface area contributed by atoms with E-state index < -0.39 is 15.9 Å². The molecule has 8 heteroatoms. The van der Waals surface area contributed by atoms with E-state index in [1.54, 1.807) is 36.4 Å². The van der Waals surface area contributed by atoms with Gasteiger partial charge >= 0.3 is 0 Å². The average molecular weight is 409 g/mol. The molecule has 2 atom stereocenters. The lowest BCUT2D eigenvalue weighted by molar-refractivity contribution is -0.0440. The molecule has 2 aromatic carbocycles. The molecule has 0 saturated carbocycles. The van der Waals surface area contributed by atoms with Gasteiger partial charge in [0, 0.05) is 29.4 Å². The molecular formula is C19H21ClN2O4S. The van der Waals surface area contributed by atoms with Crippen LogP contribution in [0.15, 0.2) is 53.4 Å². The molecule has 1 aliphatic heterocycles. The second-order valence-electron chi connectivity index (χ2n) is 6.57. The Morgan fingerprint density at radius 2 is 1.78 bits per heavy atom. The molecule has 1 N–H and O–H groups in total. The Kier molecular flexibility index (Phi) is 5.86. The standard InChI is InChI=1S/C19H21ClN2O4S/c1-13-11-22(12-14(2)26-13)27(24,25)18-8-3-5-15(9-18)19(23)21-17-7-4-6-16(20)10-17/h3-10,13-14H,11-12H2,1-2H3,(H,21,23)/t13-,14-/m0/s1. The van der Waals surface area contributed by atoms with Crippen LogP contribution in [-0.4, -0.2) is 43.9 Å². The number of rotatable bonds is 4. The number of sulfonamides is 1. The third-order valence-corrected chi connectivity index (χ3v) is 6.27. The molecule has 144 valence electrons. The predicted octanol–water partition coefficient (Wildman–Crippen LogP) is 3.39. The fourth-order valence-corrected chi connectivity index (χ4v) is 4.87. The van der Waals surface area contributed by atoms with E-state index in [0.717, 1.165) is 0 Å². The molecule has 6 nitrogen and oxygen atoms in total.